The number of hydrogen-bond acceptors (Lipinski definition) is 7. The molecule has 2 heterocycles. The Morgan fingerprint density at radius 2 is 2.24 bits per heavy atom. The number of nitrogens with zero attached hydrogens (tertiary/aromatic N) is 1. The zero-order valence-corrected chi connectivity index (χ0v) is 14.3. The average molecular weight is 375 g/mol. The van der Waals surface area contributed by atoms with Gasteiger partial charge in [-0.15, -0.1) is 0 Å². The van der Waals surface area contributed by atoms with Gasteiger partial charge >= 0.3 is 19.4 Å². The lowest BCUT2D eigenvalue weighted by molar-refractivity contribution is -0.142. The summed E-state index contributed by atoms with van der Waals surface area (Å²) in [6, 6.07) is 0.135. The Balaban J connectivity index is 1.90. The molecule has 0 spiro atoms. The summed E-state index contributed by atoms with van der Waals surface area (Å²) in [5.41, 5.74) is -1.18. The highest BCUT2D eigenvalue weighted by atomic mass is 31.2. The molecule has 0 radical (unpaired) electrons. The van der Waals surface area contributed by atoms with Crippen LogP contribution in [0.5, 0.6) is 0 Å². The first kappa shape index (κ1) is 19.3. The number of methoxy groups -OCH3 is 1. The van der Waals surface area contributed by atoms with Gasteiger partial charge in [-0.25, -0.2) is 14.4 Å². The minimum Gasteiger partial charge on any atom is -0.468 e. The molecule has 1 aromatic rings. The molecule has 0 aliphatic carbocycles. The molecule has 11 nitrogen and oxygen atoms in total. The third kappa shape index (κ3) is 5.21. The first-order valence-corrected chi connectivity index (χ1v) is 8.78. The number of aromatic nitrogens is 2. The maximum atomic E-state index is 11.9. The summed E-state index contributed by atoms with van der Waals surface area (Å²) in [5.74, 6) is -0.715. The van der Waals surface area contributed by atoms with Crippen LogP contribution in [0.1, 0.15) is 13.2 Å². The molecule has 0 aromatic carbocycles. The fourth-order valence-corrected chi connectivity index (χ4v) is 3.07. The quantitative estimate of drug-likeness (QED) is 0.318. The number of ether oxygens (including phenoxy) is 2. The highest BCUT2D eigenvalue weighted by molar-refractivity contribution is 7.50. The van der Waals surface area contributed by atoms with Crippen molar-refractivity contribution >= 4 is 13.7 Å². The van der Waals surface area contributed by atoms with E-state index in [4.69, 9.17) is 9.26 Å². The summed E-state index contributed by atoms with van der Waals surface area (Å²) in [6.07, 6.45) is 2.89. The van der Waals surface area contributed by atoms with Gasteiger partial charge in [-0.3, -0.25) is 23.7 Å². The molecular formula is C13H18N3O8P. The molecule has 0 amide bonds. The van der Waals surface area contributed by atoms with Crippen LogP contribution in [-0.2, 0) is 23.4 Å². The van der Waals surface area contributed by atoms with Crippen LogP contribution in [0.3, 0.4) is 0 Å². The van der Waals surface area contributed by atoms with Crippen LogP contribution < -0.4 is 16.3 Å². The van der Waals surface area contributed by atoms with Gasteiger partial charge in [0.05, 0.1) is 13.7 Å². The molecule has 0 bridgehead atoms. The van der Waals surface area contributed by atoms with Crippen molar-refractivity contribution in [2.45, 2.75) is 25.3 Å². The molecular weight excluding hydrogens is 357 g/mol. The fraction of sp³-hybridized carbons (Fsp3) is 0.462. The van der Waals surface area contributed by atoms with Gasteiger partial charge in [0, 0.05) is 12.3 Å². The zero-order valence-electron chi connectivity index (χ0n) is 13.4. The van der Waals surface area contributed by atoms with Crippen LogP contribution in [0.25, 0.3) is 0 Å². The second kappa shape index (κ2) is 7.89. The maximum Gasteiger partial charge on any atom is 0.403 e. The van der Waals surface area contributed by atoms with Crippen LogP contribution in [0.15, 0.2) is 34.0 Å². The van der Waals surface area contributed by atoms with Crippen molar-refractivity contribution in [2.24, 2.45) is 0 Å². The molecule has 0 saturated heterocycles. The lowest BCUT2D eigenvalue weighted by Crippen LogP contribution is -2.34. The fourth-order valence-electron chi connectivity index (χ4n) is 2.06. The monoisotopic (exact) mass is 375 g/mol. The number of carbonyl (C=O) groups excluding carboxylic acids is 1. The second-order valence-electron chi connectivity index (χ2n) is 5.16. The summed E-state index contributed by atoms with van der Waals surface area (Å²) in [6.45, 7) is 1.06. The number of nitrogens with one attached hydrogen (secondary N) is 2. The van der Waals surface area contributed by atoms with Crippen molar-refractivity contribution in [1.82, 2.24) is 14.6 Å². The van der Waals surface area contributed by atoms with Gasteiger partial charge in [0.2, 0.25) is 0 Å². The van der Waals surface area contributed by atoms with Gasteiger partial charge in [0.25, 0.3) is 5.56 Å². The Morgan fingerprint density at radius 1 is 1.52 bits per heavy atom. The third-order valence-corrected chi connectivity index (χ3v) is 4.47. The number of esters is 1. The second-order valence-corrected chi connectivity index (χ2v) is 6.71. The SMILES string of the molecule is COC(=O)[C@H](C)NP(=O)(O)OC[C@@H]1C=C[C@H](n2ccc(=O)[nH]c2=O)O1. The molecule has 1 aromatic heterocycles. The molecule has 25 heavy (non-hydrogen) atoms. The van der Waals surface area contributed by atoms with Gasteiger partial charge in [0.1, 0.15) is 12.1 Å². The highest BCUT2D eigenvalue weighted by Gasteiger charge is 2.29. The molecule has 3 N–H and O–H groups in total. The lowest BCUT2D eigenvalue weighted by atomic mass is 10.4. The van der Waals surface area contributed by atoms with Crippen molar-refractivity contribution in [3.8, 4) is 0 Å². The van der Waals surface area contributed by atoms with Gasteiger partial charge in [-0.05, 0) is 13.0 Å². The Hall–Kier alpha value is -2.04. The molecule has 138 valence electrons. The van der Waals surface area contributed by atoms with Crippen LogP contribution in [0.4, 0.5) is 0 Å². The minimum atomic E-state index is -4.26. The van der Waals surface area contributed by atoms with Gasteiger partial charge in [0.15, 0.2) is 6.23 Å². The molecule has 1 unspecified atom stereocenters. The van der Waals surface area contributed by atoms with E-state index in [1.165, 1.54) is 19.2 Å². The predicted octanol–water partition coefficient (Wildman–Crippen LogP) is -0.742. The summed E-state index contributed by atoms with van der Waals surface area (Å²) in [5, 5.41) is 2.13. The minimum absolute atomic E-state index is 0.292. The predicted molar refractivity (Wildman–Crippen MR) is 84.8 cm³/mol. The molecule has 2 rings (SSSR count). The first-order chi connectivity index (χ1) is 11.7. The van der Waals surface area contributed by atoms with Crippen molar-refractivity contribution in [3.05, 3.63) is 45.3 Å². The average Bonchev–Trinajstić information content (AvgIpc) is 3.00. The number of H-pyrrole nitrogens is 1. The zero-order chi connectivity index (χ0) is 18.6. The molecule has 12 heteroatoms. The van der Waals surface area contributed by atoms with E-state index in [0.29, 0.717) is 0 Å². The van der Waals surface area contributed by atoms with Crippen LogP contribution in [-0.4, -0.2) is 46.3 Å². The molecule has 4 atom stereocenters. The Kier molecular flexibility index (Phi) is 6.09. The van der Waals surface area contributed by atoms with Crippen LogP contribution in [0, 0.1) is 0 Å². The van der Waals surface area contributed by atoms with E-state index in [9.17, 15) is 23.8 Å². The van der Waals surface area contributed by atoms with Crippen molar-refractivity contribution < 1.29 is 28.3 Å². The number of aromatic amines is 1. The summed E-state index contributed by atoms with van der Waals surface area (Å²) in [7, 11) is -3.10. The number of rotatable bonds is 7. The van der Waals surface area contributed by atoms with Crippen molar-refractivity contribution in [3.63, 3.8) is 0 Å². The van der Waals surface area contributed by atoms with Gasteiger partial charge < -0.3 is 14.4 Å². The first-order valence-electron chi connectivity index (χ1n) is 7.20. The number of hydrogen-bond donors (Lipinski definition) is 3. The number of carbonyl (C=O) groups is 1. The van der Waals surface area contributed by atoms with Crippen molar-refractivity contribution in [2.75, 3.05) is 13.7 Å². The largest absolute Gasteiger partial charge is 0.468 e. The highest BCUT2D eigenvalue weighted by Crippen LogP contribution is 2.38. The van der Waals surface area contributed by atoms with E-state index < -0.39 is 43.3 Å². The molecule has 0 fully saturated rings. The van der Waals surface area contributed by atoms with Gasteiger partial charge in [-0.2, -0.15) is 0 Å². The summed E-state index contributed by atoms with van der Waals surface area (Å²) < 4.78 is 27.8. The van der Waals surface area contributed by atoms with E-state index in [1.54, 1.807) is 12.2 Å². The van der Waals surface area contributed by atoms with E-state index in [2.05, 4.69) is 14.8 Å². The normalized spacial score (nSPS) is 23.2. The van der Waals surface area contributed by atoms with Crippen LogP contribution >= 0.6 is 7.75 Å². The summed E-state index contributed by atoms with van der Waals surface area (Å²) in [4.78, 5) is 45.8. The Bertz CT molecular complexity index is 816. The molecule has 0 saturated carbocycles. The standard InChI is InChI=1S/C13H18N3O8P/c1-8(12(18)22-2)15-25(20,21)23-7-9-3-4-11(24-9)16-6-5-10(17)14-13(16)19/h3-6,8-9,11H,7H2,1-2H3,(H,14,17,19)(H2,15,20,21)/t8-,9-,11+/m0/s1. The third-order valence-electron chi connectivity index (χ3n) is 3.26. The smallest absolute Gasteiger partial charge is 0.403 e. The van der Waals surface area contributed by atoms with E-state index in [0.717, 1.165) is 11.7 Å². The Morgan fingerprint density at radius 3 is 2.88 bits per heavy atom. The summed E-state index contributed by atoms with van der Waals surface area (Å²) >= 11 is 0. The molecule has 1 aliphatic heterocycles. The van der Waals surface area contributed by atoms with Gasteiger partial charge in [-0.1, -0.05) is 6.08 Å². The lowest BCUT2D eigenvalue weighted by Gasteiger charge is -2.19. The Labute approximate surface area is 141 Å². The van der Waals surface area contributed by atoms with Crippen molar-refractivity contribution in [1.29, 1.82) is 0 Å². The van der Waals surface area contributed by atoms with E-state index >= 15 is 0 Å². The molecule has 1 aliphatic rings. The van der Waals surface area contributed by atoms with E-state index in [-0.39, 0.29) is 6.61 Å². The van der Waals surface area contributed by atoms with E-state index in [1.807, 2.05) is 0 Å². The maximum absolute atomic E-state index is 11.9. The topological polar surface area (TPSA) is 149 Å². The van der Waals surface area contributed by atoms with Crippen LogP contribution in [0.2, 0.25) is 0 Å².